The minimum Gasteiger partial charge on any atom is -0.472 e. The molecule has 3 heterocycles. The molecule has 0 radical (unpaired) electrons. The van der Waals surface area contributed by atoms with Gasteiger partial charge in [0, 0.05) is 37.0 Å². The van der Waals surface area contributed by atoms with Crippen LogP contribution in [-0.2, 0) is 57.1 Å². The number of furan rings is 1. The van der Waals surface area contributed by atoms with E-state index in [9.17, 15) is 39.3 Å². The zero-order valence-electron chi connectivity index (χ0n) is 31.9. The van der Waals surface area contributed by atoms with E-state index in [0.29, 0.717) is 12.0 Å². The molecule has 1 aromatic heterocycles. The fourth-order valence-electron chi connectivity index (χ4n) is 9.99. The molecule has 1 aromatic rings. The maximum atomic E-state index is 14.0. The summed E-state index contributed by atoms with van der Waals surface area (Å²) in [4.78, 5) is 65.6. The summed E-state index contributed by atoms with van der Waals surface area (Å²) in [5.41, 5.74) is -6.86. The van der Waals surface area contributed by atoms with Crippen molar-refractivity contribution in [2.75, 3.05) is 13.7 Å². The molecule has 14 unspecified atom stereocenters. The maximum Gasteiger partial charge on any atom is 0.335 e. The normalized spacial score (nSPS) is 41.1. The van der Waals surface area contributed by atoms with Crippen molar-refractivity contribution in [1.82, 2.24) is 0 Å². The van der Waals surface area contributed by atoms with Crippen LogP contribution in [-0.4, -0.2) is 107 Å². The molecule has 2 saturated heterocycles. The molecule has 4 aliphatic rings. The molecule has 2 aliphatic heterocycles. The van der Waals surface area contributed by atoms with Gasteiger partial charge in [-0.3, -0.25) is 19.2 Å². The molecular formula is C38H52O16. The third-order valence-electron chi connectivity index (χ3n) is 12.9. The average molecular weight is 765 g/mol. The molecule has 3 N–H and O–H groups in total. The summed E-state index contributed by atoms with van der Waals surface area (Å²) in [6.07, 6.45) is -5.45. The predicted molar refractivity (Wildman–Crippen MR) is 182 cm³/mol. The lowest BCUT2D eigenvalue weighted by atomic mass is 9.46. The lowest BCUT2D eigenvalue weighted by Gasteiger charge is -2.62. The summed E-state index contributed by atoms with van der Waals surface area (Å²) in [6.45, 7) is 14.8. The van der Waals surface area contributed by atoms with E-state index in [2.05, 4.69) is 6.58 Å². The summed E-state index contributed by atoms with van der Waals surface area (Å²) in [5.74, 6) is -9.64. The van der Waals surface area contributed by atoms with Crippen LogP contribution in [0, 0.1) is 28.6 Å². The minimum atomic E-state index is -2.32. The van der Waals surface area contributed by atoms with Crippen LogP contribution in [0.3, 0.4) is 0 Å². The van der Waals surface area contributed by atoms with Crippen molar-refractivity contribution in [3.8, 4) is 0 Å². The molecule has 2 aliphatic carbocycles. The van der Waals surface area contributed by atoms with E-state index < -0.39 is 119 Å². The van der Waals surface area contributed by atoms with Gasteiger partial charge in [-0.15, -0.1) is 0 Å². The lowest BCUT2D eigenvalue weighted by molar-refractivity contribution is -0.328. The van der Waals surface area contributed by atoms with Gasteiger partial charge in [0.05, 0.1) is 50.1 Å². The topological polar surface area (TPSA) is 224 Å². The van der Waals surface area contributed by atoms with Gasteiger partial charge in [0.1, 0.15) is 30.0 Å². The Balaban J connectivity index is 1.86. The molecule has 0 aromatic carbocycles. The standard InChI is InChI=1S/C38H52O16/c1-10-19(2)30(43)33(44)53-32-31(49-18-39)29(20(3)38(46)26(51-21(4)40)13-24(36(32,38)8)23-11-12-48-16-23)35(7)25(14-28(42)47-9)34(6)17-50-37(45,54-34)15-27(35)52-22(5)41/h11-12,16,18-19,24-27,29-32,43,45-46H,3,10,13-15,17H2,1-2,4-9H3. The maximum absolute atomic E-state index is 14.0. The Bertz CT molecular complexity index is 1630. The van der Waals surface area contributed by atoms with Crippen molar-refractivity contribution in [1.29, 1.82) is 0 Å². The predicted octanol–water partition coefficient (Wildman–Crippen LogP) is 2.46. The zero-order chi connectivity index (χ0) is 40.2. The number of fused-ring (bicyclic) bond motifs is 3. The van der Waals surface area contributed by atoms with E-state index in [-0.39, 0.29) is 25.1 Å². The zero-order valence-corrected chi connectivity index (χ0v) is 31.9. The third-order valence-corrected chi connectivity index (χ3v) is 12.9. The van der Waals surface area contributed by atoms with Crippen LogP contribution < -0.4 is 0 Å². The molecule has 300 valence electrons. The van der Waals surface area contributed by atoms with Gasteiger partial charge in [0.15, 0.2) is 6.10 Å². The number of methoxy groups -OCH3 is 1. The first-order chi connectivity index (χ1) is 25.2. The van der Waals surface area contributed by atoms with Crippen LogP contribution in [0.5, 0.6) is 0 Å². The monoisotopic (exact) mass is 764 g/mol. The highest BCUT2D eigenvalue weighted by Crippen LogP contribution is 2.70. The smallest absolute Gasteiger partial charge is 0.335 e. The Morgan fingerprint density at radius 2 is 1.72 bits per heavy atom. The van der Waals surface area contributed by atoms with E-state index >= 15 is 0 Å². The van der Waals surface area contributed by atoms with Crippen molar-refractivity contribution in [2.45, 2.75) is 128 Å². The molecule has 2 saturated carbocycles. The van der Waals surface area contributed by atoms with Gasteiger partial charge in [0.2, 0.25) is 0 Å². The van der Waals surface area contributed by atoms with Crippen LogP contribution in [0.4, 0.5) is 0 Å². The second kappa shape index (κ2) is 14.7. The molecular weight excluding hydrogens is 712 g/mol. The number of ether oxygens (including phenoxy) is 7. The number of esters is 4. The van der Waals surface area contributed by atoms with Gasteiger partial charge < -0.3 is 52.9 Å². The van der Waals surface area contributed by atoms with Gasteiger partial charge in [0.25, 0.3) is 12.4 Å². The van der Waals surface area contributed by atoms with Crippen LogP contribution >= 0.6 is 0 Å². The Hall–Kier alpha value is -3.83. The molecule has 0 spiro atoms. The minimum absolute atomic E-state index is 0.0578. The number of hydrogen-bond donors (Lipinski definition) is 3. The first-order valence-corrected chi connectivity index (χ1v) is 18.1. The third kappa shape index (κ3) is 6.42. The van der Waals surface area contributed by atoms with Crippen molar-refractivity contribution >= 4 is 30.3 Å². The Labute approximate surface area is 313 Å². The fourth-order valence-corrected chi connectivity index (χ4v) is 9.99. The molecule has 16 nitrogen and oxygen atoms in total. The Morgan fingerprint density at radius 1 is 1.07 bits per heavy atom. The average Bonchev–Trinajstić information content (AvgIpc) is 3.79. The number of hydrogen-bond acceptors (Lipinski definition) is 16. The first-order valence-electron chi connectivity index (χ1n) is 18.1. The summed E-state index contributed by atoms with van der Waals surface area (Å²) in [6, 6.07) is 1.63. The van der Waals surface area contributed by atoms with Crippen LogP contribution in [0.1, 0.15) is 85.6 Å². The highest BCUT2D eigenvalue weighted by molar-refractivity contribution is 5.75. The lowest BCUT2D eigenvalue weighted by Crippen LogP contribution is -2.72. The largest absolute Gasteiger partial charge is 0.472 e. The molecule has 4 fully saturated rings. The van der Waals surface area contributed by atoms with E-state index in [1.54, 1.807) is 40.7 Å². The van der Waals surface area contributed by atoms with Gasteiger partial charge in [-0.25, -0.2) is 4.79 Å². The molecule has 54 heavy (non-hydrogen) atoms. The molecule has 5 rings (SSSR count). The highest BCUT2D eigenvalue weighted by Gasteiger charge is 2.79. The van der Waals surface area contributed by atoms with E-state index in [1.165, 1.54) is 26.6 Å². The van der Waals surface area contributed by atoms with E-state index in [4.69, 9.17) is 37.6 Å². The second-order valence-electron chi connectivity index (χ2n) is 15.8. The second-order valence-corrected chi connectivity index (χ2v) is 15.8. The van der Waals surface area contributed by atoms with Crippen molar-refractivity contribution in [3.05, 3.63) is 36.3 Å². The number of aliphatic hydroxyl groups excluding tert-OH is 1. The van der Waals surface area contributed by atoms with Gasteiger partial charge in [-0.2, -0.15) is 0 Å². The first kappa shape index (κ1) is 41.3. The fraction of sp³-hybridized carbons (Fsp3) is 0.711. The van der Waals surface area contributed by atoms with Crippen molar-refractivity contribution in [2.24, 2.45) is 28.6 Å². The quantitative estimate of drug-likeness (QED) is 0.120. The SMILES string of the molecule is C=C1C(C2(C)C(OC(C)=O)CC3(O)OCC(C)(O3)C2CC(=O)OC)C(OC=O)C(OC(=O)C(O)C(C)CC)C2(C)C(c3ccoc3)CC(OC(C)=O)C12O. The summed E-state index contributed by atoms with van der Waals surface area (Å²) in [7, 11) is 1.17. The molecule has 2 bridgehead atoms. The van der Waals surface area contributed by atoms with Gasteiger partial charge in [-0.1, -0.05) is 40.7 Å². The summed E-state index contributed by atoms with van der Waals surface area (Å²) in [5, 5.41) is 36.2. The van der Waals surface area contributed by atoms with E-state index in [0.717, 1.165) is 6.92 Å². The molecule has 14 atom stereocenters. The highest BCUT2D eigenvalue weighted by atomic mass is 16.9. The van der Waals surface area contributed by atoms with Gasteiger partial charge >= 0.3 is 23.9 Å². The van der Waals surface area contributed by atoms with Crippen molar-refractivity contribution < 1.29 is 76.9 Å². The number of carbonyl (C=O) groups excluding carboxylic acids is 5. The van der Waals surface area contributed by atoms with Crippen LogP contribution in [0.15, 0.2) is 35.2 Å². The Morgan fingerprint density at radius 3 is 2.28 bits per heavy atom. The number of aliphatic hydroxyl groups is 3. The summed E-state index contributed by atoms with van der Waals surface area (Å²) >= 11 is 0. The molecule has 0 amide bonds. The molecule has 16 heteroatoms. The van der Waals surface area contributed by atoms with Gasteiger partial charge in [-0.05, 0) is 36.5 Å². The van der Waals surface area contributed by atoms with Crippen LogP contribution in [0.25, 0.3) is 0 Å². The summed E-state index contributed by atoms with van der Waals surface area (Å²) < 4.78 is 46.4. The van der Waals surface area contributed by atoms with Crippen LogP contribution in [0.2, 0.25) is 0 Å². The number of carbonyl (C=O) groups is 5. The Kier molecular flexibility index (Phi) is 11.2. The van der Waals surface area contributed by atoms with E-state index in [1.807, 2.05) is 0 Å². The number of rotatable bonds is 12. The van der Waals surface area contributed by atoms with Crippen molar-refractivity contribution in [3.63, 3.8) is 0 Å².